The van der Waals surface area contributed by atoms with E-state index in [0.717, 1.165) is 6.42 Å². The molecule has 1 rings (SSSR count). The molecule has 100 valence electrons. The Balaban J connectivity index is 2.78. The Morgan fingerprint density at radius 1 is 1.33 bits per heavy atom. The molecule has 0 aliphatic carbocycles. The zero-order valence-electron chi connectivity index (χ0n) is 10.3. The summed E-state index contributed by atoms with van der Waals surface area (Å²) in [5.74, 6) is -0.157. The van der Waals surface area contributed by atoms with E-state index in [9.17, 15) is 13.2 Å². The number of rotatable bonds is 7. The van der Waals surface area contributed by atoms with Gasteiger partial charge in [-0.15, -0.1) is 0 Å². The molecule has 0 fully saturated rings. The number of unbranched alkanes of at least 4 members (excludes halogenated alkanes) is 1. The molecule has 0 aliphatic rings. The van der Waals surface area contributed by atoms with Crippen LogP contribution in [0.15, 0.2) is 29.2 Å². The van der Waals surface area contributed by atoms with Crippen LogP contribution in [0.4, 0.5) is 0 Å². The SMILES string of the molecule is CC(=O)c1cccc(S(=O)(=O)NCCCCN)c1. The summed E-state index contributed by atoms with van der Waals surface area (Å²) >= 11 is 0. The van der Waals surface area contributed by atoms with Gasteiger partial charge in [0, 0.05) is 12.1 Å². The highest BCUT2D eigenvalue weighted by molar-refractivity contribution is 7.89. The van der Waals surface area contributed by atoms with E-state index in [-0.39, 0.29) is 10.7 Å². The number of hydrogen-bond acceptors (Lipinski definition) is 4. The predicted molar refractivity (Wildman–Crippen MR) is 69.9 cm³/mol. The molecule has 1 aromatic rings. The van der Waals surface area contributed by atoms with Crippen LogP contribution in [0.3, 0.4) is 0 Å². The highest BCUT2D eigenvalue weighted by atomic mass is 32.2. The van der Waals surface area contributed by atoms with Crippen molar-refractivity contribution in [3.05, 3.63) is 29.8 Å². The van der Waals surface area contributed by atoms with Crippen molar-refractivity contribution in [3.63, 3.8) is 0 Å². The van der Waals surface area contributed by atoms with Crippen molar-refractivity contribution < 1.29 is 13.2 Å². The molecule has 0 amide bonds. The van der Waals surface area contributed by atoms with Crippen LogP contribution in [0.2, 0.25) is 0 Å². The standard InChI is InChI=1S/C12H18N2O3S/c1-10(15)11-5-4-6-12(9-11)18(16,17)14-8-3-2-7-13/h4-6,9,14H,2-3,7-8,13H2,1H3. The van der Waals surface area contributed by atoms with Crippen molar-refractivity contribution in [2.45, 2.75) is 24.7 Å². The second-order valence-electron chi connectivity index (χ2n) is 3.98. The first kappa shape index (κ1) is 14.8. The van der Waals surface area contributed by atoms with Crippen LogP contribution in [-0.2, 0) is 10.0 Å². The van der Waals surface area contributed by atoms with E-state index >= 15 is 0 Å². The van der Waals surface area contributed by atoms with Crippen molar-refractivity contribution >= 4 is 15.8 Å². The zero-order valence-corrected chi connectivity index (χ0v) is 11.2. The highest BCUT2D eigenvalue weighted by Gasteiger charge is 2.14. The van der Waals surface area contributed by atoms with Gasteiger partial charge in [0.1, 0.15) is 0 Å². The molecule has 6 heteroatoms. The molecule has 0 aliphatic heterocycles. The monoisotopic (exact) mass is 270 g/mol. The molecule has 0 saturated heterocycles. The van der Waals surface area contributed by atoms with Gasteiger partial charge in [-0.1, -0.05) is 12.1 Å². The molecule has 0 spiro atoms. The molecule has 0 bridgehead atoms. The molecule has 0 unspecified atom stereocenters. The first-order valence-electron chi connectivity index (χ1n) is 5.78. The Bertz CT molecular complexity index is 512. The van der Waals surface area contributed by atoms with E-state index in [1.54, 1.807) is 12.1 Å². The van der Waals surface area contributed by atoms with Crippen LogP contribution < -0.4 is 10.5 Å². The summed E-state index contributed by atoms with van der Waals surface area (Å²) in [6, 6.07) is 6.01. The Labute approximate surface area is 107 Å². The van der Waals surface area contributed by atoms with Gasteiger partial charge in [0.2, 0.25) is 10.0 Å². The third-order valence-electron chi connectivity index (χ3n) is 2.47. The Morgan fingerprint density at radius 3 is 2.67 bits per heavy atom. The van der Waals surface area contributed by atoms with E-state index in [0.29, 0.717) is 25.1 Å². The lowest BCUT2D eigenvalue weighted by molar-refractivity contribution is 0.101. The number of carbonyl (C=O) groups is 1. The molecule has 18 heavy (non-hydrogen) atoms. The van der Waals surface area contributed by atoms with Crippen molar-refractivity contribution in [1.82, 2.24) is 4.72 Å². The van der Waals surface area contributed by atoms with E-state index in [4.69, 9.17) is 5.73 Å². The van der Waals surface area contributed by atoms with Crippen LogP contribution in [0.25, 0.3) is 0 Å². The average Bonchev–Trinajstić information content (AvgIpc) is 2.35. The maximum atomic E-state index is 11.9. The van der Waals surface area contributed by atoms with Crippen molar-refractivity contribution in [1.29, 1.82) is 0 Å². The Morgan fingerprint density at radius 2 is 2.06 bits per heavy atom. The minimum absolute atomic E-state index is 0.114. The number of benzene rings is 1. The topological polar surface area (TPSA) is 89.3 Å². The van der Waals surface area contributed by atoms with Gasteiger partial charge in [0.25, 0.3) is 0 Å². The van der Waals surface area contributed by atoms with Gasteiger partial charge >= 0.3 is 0 Å². The van der Waals surface area contributed by atoms with Gasteiger partial charge in [0.15, 0.2) is 5.78 Å². The summed E-state index contributed by atoms with van der Waals surface area (Å²) in [5, 5.41) is 0. The number of ketones is 1. The van der Waals surface area contributed by atoms with Crippen LogP contribution in [-0.4, -0.2) is 27.3 Å². The van der Waals surface area contributed by atoms with E-state index in [1.165, 1.54) is 19.1 Å². The Hall–Kier alpha value is -1.24. The largest absolute Gasteiger partial charge is 0.330 e. The lowest BCUT2D eigenvalue weighted by atomic mass is 10.2. The smallest absolute Gasteiger partial charge is 0.240 e. The van der Waals surface area contributed by atoms with Crippen LogP contribution in [0.5, 0.6) is 0 Å². The lowest BCUT2D eigenvalue weighted by Gasteiger charge is -2.07. The summed E-state index contributed by atoms with van der Waals surface area (Å²) < 4.78 is 26.3. The molecule has 0 heterocycles. The number of nitrogens with one attached hydrogen (secondary N) is 1. The molecule has 0 aromatic heterocycles. The predicted octanol–water partition coefficient (Wildman–Crippen LogP) is 0.906. The first-order valence-corrected chi connectivity index (χ1v) is 7.26. The first-order chi connectivity index (χ1) is 8.47. The average molecular weight is 270 g/mol. The third kappa shape index (κ3) is 4.21. The molecule has 1 aromatic carbocycles. The molecule has 0 radical (unpaired) electrons. The van der Waals surface area contributed by atoms with Crippen molar-refractivity contribution in [2.75, 3.05) is 13.1 Å². The fourth-order valence-electron chi connectivity index (χ4n) is 1.44. The number of hydrogen-bond donors (Lipinski definition) is 2. The minimum atomic E-state index is -3.54. The van der Waals surface area contributed by atoms with Crippen molar-refractivity contribution in [2.24, 2.45) is 5.73 Å². The van der Waals surface area contributed by atoms with Gasteiger partial charge in [0.05, 0.1) is 4.90 Å². The Kier molecular flexibility index (Phi) is 5.46. The zero-order chi connectivity index (χ0) is 13.6. The maximum absolute atomic E-state index is 11.9. The second-order valence-corrected chi connectivity index (χ2v) is 5.74. The van der Waals surface area contributed by atoms with Crippen molar-refractivity contribution in [3.8, 4) is 0 Å². The van der Waals surface area contributed by atoms with E-state index < -0.39 is 10.0 Å². The van der Waals surface area contributed by atoms with E-state index in [1.807, 2.05) is 0 Å². The summed E-state index contributed by atoms with van der Waals surface area (Å²) in [6.07, 6.45) is 1.47. The van der Waals surface area contributed by atoms with Crippen LogP contribution in [0.1, 0.15) is 30.1 Å². The molecule has 5 nitrogen and oxygen atoms in total. The molecule has 0 atom stereocenters. The van der Waals surface area contributed by atoms with Gasteiger partial charge in [-0.25, -0.2) is 13.1 Å². The number of Topliss-reactive ketones (excluding diaryl/α,β-unsaturated/α-hetero) is 1. The van der Waals surface area contributed by atoms with Crippen LogP contribution >= 0.6 is 0 Å². The minimum Gasteiger partial charge on any atom is -0.330 e. The third-order valence-corrected chi connectivity index (χ3v) is 3.93. The summed E-state index contributed by atoms with van der Waals surface area (Å²) in [5.41, 5.74) is 5.72. The fraction of sp³-hybridized carbons (Fsp3) is 0.417. The summed E-state index contributed by atoms with van der Waals surface area (Å²) in [6.45, 7) is 2.30. The highest BCUT2D eigenvalue weighted by Crippen LogP contribution is 2.11. The number of nitrogens with two attached hydrogens (primary N) is 1. The summed E-state index contributed by atoms with van der Waals surface area (Å²) in [4.78, 5) is 11.3. The second kappa shape index (κ2) is 6.63. The fourth-order valence-corrected chi connectivity index (χ4v) is 2.56. The maximum Gasteiger partial charge on any atom is 0.240 e. The van der Waals surface area contributed by atoms with Gasteiger partial charge in [-0.2, -0.15) is 0 Å². The van der Waals surface area contributed by atoms with Gasteiger partial charge in [-0.05, 0) is 38.4 Å². The van der Waals surface area contributed by atoms with Gasteiger partial charge in [-0.3, -0.25) is 4.79 Å². The molecule has 0 saturated carbocycles. The molecular formula is C12H18N2O3S. The number of carbonyl (C=O) groups excluding carboxylic acids is 1. The van der Waals surface area contributed by atoms with E-state index in [2.05, 4.69) is 4.72 Å². The molecule has 3 N–H and O–H groups in total. The number of sulfonamides is 1. The van der Waals surface area contributed by atoms with Gasteiger partial charge < -0.3 is 5.73 Å². The molecular weight excluding hydrogens is 252 g/mol. The lowest BCUT2D eigenvalue weighted by Crippen LogP contribution is -2.25. The quantitative estimate of drug-likeness (QED) is 0.569. The normalized spacial score (nSPS) is 11.4. The van der Waals surface area contributed by atoms with Crippen LogP contribution in [0, 0.1) is 0 Å². The summed E-state index contributed by atoms with van der Waals surface area (Å²) in [7, 11) is -3.54.